The minimum Gasteiger partial charge on any atom is -0.493 e. The number of ether oxygens (including phenoxy) is 2. The third-order valence-electron chi connectivity index (χ3n) is 6.07. The largest absolute Gasteiger partial charge is 0.493 e. The minimum atomic E-state index is -2.89. The number of alkyl halides is 4. The van der Waals surface area contributed by atoms with Gasteiger partial charge in [0, 0.05) is 24.7 Å². The molecule has 0 aliphatic rings. The first-order valence-corrected chi connectivity index (χ1v) is 11.4. The van der Waals surface area contributed by atoms with Gasteiger partial charge < -0.3 is 19.1 Å². The molecule has 0 amide bonds. The van der Waals surface area contributed by atoms with Gasteiger partial charge >= 0.3 is 5.69 Å². The average Bonchev–Trinajstić information content (AvgIpc) is 3.24. The first-order chi connectivity index (χ1) is 18.1. The van der Waals surface area contributed by atoms with Gasteiger partial charge in [-0.2, -0.15) is 0 Å². The summed E-state index contributed by atoms with van der Waals surface area (Å²) < 4.78 is 65.6. The lowest BCUT2D eigenvalue weighted by molar-refractivity contribution is 0.0323. The Bertz CT molecular complexity index is 1550. The van der Waals surface area contributed by atoms with Gasteiger partial charge in [0.1, 0.15) is 12.4 Å². The van der Waals surface area contributed by atoms with Crippen LogP contribution in [0.2, 0.25) is 0 Å². The fourth-order valence-corrected chi connectivity index (χ4v) is 3.97. The Morgan fingerprint density at radius 3 is 2.37 bits per heavy atom. The van der Waals surface area contributed by atoms with Crippen LogP contribution in [0, 0.1) is 5.92 Å². The van der Waals surface area contributed by atoms with Crippen LogP contribution in [0.15, 0.2) is 52.1 Å². The molecule has 2 aromatic carbocycles. The number of fused-ring (bicyclic) bond motifs is 1. The van der Waals surface area contributed by atoms with E-state index in [1.165, 1.54) is 43.0 Å². The SMILES string of the molecule is COc1cc(-c2nc3c(c(=O)[nH]c(=O)n3CC(CO)C(F)F)n2C)ccc1OCc1ccc(C(F)F)cc1. The molecule has 4 aromatic rings. The predicted octanol–water partition coefficient (Wildman–Crippen LogP) is 3.49. The van der Waals surface area contributed by atoms with Gasteiger partial charge in [-0.1, -0.05) is 24.3 Å². The zero-order valence-corrected chi connectivity index (χ0v) is 20.3. The summed E-state index contributed by atoms with van der Waals surface area (Å²) in [7, 11) is 2.95. The van der Waals surface area contributed by atoms with Crippen LogP contribution in [0.25, 0.3) is 22.6 Å². The van der Waals surface area contributed by atoms with Crippen molar-refractivity contribution < 1.29 is 32.1 Å². The van der Waals surface area contributed by atoms with E-state index in [2.05, 4.69) is 9.97 Å². The number of imidazole rings is 1. The minimum absolute atomic E-state index is 0.0166. The van der Waals surface area contributed by atoms with Crippen LogP contribution in [-0.4, -0.2) is 44.4 Å². The number of nitrogens with one attached hydrogen (secondary N) is 1. The number of aryl methyl sites for hydroxylation is 1. The quantitative estimate of drug-likeness (QED) is 0.300. The average molecular weight is 536 g/mol. The van der Waals surface area contributed by atoms with Gasteiger partial charge in [0.15, 0.2) is 22.7 Å². The number of hydrogen-bond donors (Lipinski definition) is 2. The van der Waals surface area contributed by atoms with Gasteiger partial charge in [0.25, 0.3) is 12.0 Å². The molecule has 2 aromatic heterocycles. The summed E-state index contributed by atoms with van der Waals surface area (Å²) in [6.45, 7) is -1.33. The second-order valence-corrected chi connectivity index (χ2v) is 8.51. The van der Waals surface area contributed by atoms with Crippen molar-refractivity contribution in [3.63, 3.8) is 0 Å². The molecule has 0 spiro atoms. The predicted molar refractivity (Wildman–Crippen MR) is 130 cm³/mol. The molecule has 0 saturated carbocycles. The summed E-state index contributed by atoms with van der Waals surface area (Å²) in [6, 6.07) is 10.5. The van der Waals surface area contributed by atoms with E-state index in [0.717, 1.165) is 4.57 Å². The number of aromatic amines is 1. The molecule has 4 rings (SSSR count). The fraction of sp³-hybridized carbons (Fsp3) is 0.320. The molecule has 2 N–H and O–H groups in total. The third kappa shape index (κ3) is 5.28. The molecule has 1 unspecified atom stereocenters. The molecule has 0 aliphatic heterocycles. The molecule has 202 valence electrons. The van der Waals surface area contributed by atoms with Crippen molar-refractivity contribution in [3.05, 3.63) is 74.4 Å². The number of nitrogens with zero attached hydrogens (tertiary/aromatic N) is 3. The Hall–Kier alpha value is -4.13. The molecule has 0 saturated heterocycles. The van der Waals surface area contributed by atoms with Crippen molar-refractivity contribution in [3.8, 4) is 22.9 Å². The number of benzene rings is 2. The normalized spacial score (nSPS) is 12.4. The third-order valence-corrected chi connectivity index (χ3v) is 6.07. The molecule has 0 aliphatic carbocycles. The van der Waals surface area contributed by atoms with Crippen molar-refractivity contribution >= 4 is 11.2 Å². The topological polar surface area (TPSA) is 111 Å². The highest BCUT2D eigenvalue weighted by atomic mass is 19.3. The van der Waals surface area contributed by atoms with Crippen molar-refractivity contribution in [1.29, 1.82) is 0 Å². The molecule has 0 radical (unpaired) electrons. The number of halogens is 4. The number of aliphatic hydroxyl groups excluding tert-OH is 1. The van der Waals surface area contributed by atoms with Crippen LogP contribution in [0.5, 0.6) is 11.5 Å². The standard InChI is InChI=1S/C25H24F4N4O5/c1-32-19-23(33(25(36)31-24(19)35)10-16(11-34)21(28)29)30-22(32)15-7-8-17(18(9-15)37-2)38-12-13-3-5-14(6-4-13)20(26)27/h3-9,16,20-21,34H,10-12H2,1-2H3,(H,31,35,36). The van der Waals surface area contributed by atoms with Crippen LogP contribution >= 0.6 is 0 Å². The highest BCUT2D eigenvalue weighted by Crippen LogP contribution is 2.33. The molecule has 2 heterocycles. The molecule has 38 heavy (non-hydrogen) atoms. The highest BCUT2D eigenvalue weighted by molar-refractivity contribution is 5.77. The first kappa shape index (κ1) is 26.9. The molecular formula is C25H24F4N4O5. The van der Waals surface area contributed by atoms with E-state index in [0.29, 0.717) is 22.6 Å². The first-order valence-electron chi connectivity index (χ1n) is 11.4. The van der Waals surface area contributed by atoms with Crippen molar-refractivity contribution in [2.24, 2.45) is 13.0 Å². The Kier molecular flexibility index (Phi) is 7.86. The van der Waals surface area contributed by atoms with E-state index in [1.54, 1.807) is 18.2 Å². The molecule has 0 fully saturated rings. The molecule has 0 bridgehead atoms. The monoisotopic (exact) mass is 536 g/mol. The second-order valence-electron chi connectivity index (χ2n) is 8.51. The summed E-state index contributed by atoms with van der Waals surface area (Å²) in [5.41, 5.74) is -0.750. The Morgan fingerprint density at radius 1 is 1.05 bits per heavy atom. The van der Waals surface area contributed by atoms with E-state index >= 15 is 0 Å². The lowest BCUT2D eigenvalue weighted by Gasteiger charge is -2.14. The van der Waals surface area contributed by atoms with Gasteiger partial charge in [-0.15, -0.1) is 0 Å². The Balaban J connectivity index is 1.68. The number of methoxy groups -OCH3 is 1. The lowest BCUT2D eigenvalue weighted by Crippen LogP contribution is -2.35. The van der Waals surface area contributed by atoms with Crippen molar-refractivity contribution in [2.75, 3.05) is 13.7 Å². The number of aliphatic hydroxyl groups is 1. The van der Waals surface area contributed by atoms with Crippen molar-refractivity contribution in [1.82, 2.24) is 19.1 Å². The summed E-state index contributed by atoms with van der Waals surface area (Å²) in [6.07, 6.45) is -5.46. The highest BCUT2D eigenvalue weighted by Gasteiger charge is 2.24. The van der Waals surface area contributed by atoms with E-state index in [9.17, 15) is 32.3 Å². The summed E-state index contributed by atoms with van der Waals surface area (Å²) >= 11 is 0. The maximum absolute atomic E-state index is 13.3. The van der Waals surface area contributed by atoms with Crippen LogP contribution in [-0.2, 0) is 20.2 Å². The molecule has 9 nitrogen and oxygen atoms in total. The van der Waals surface area contributed by atoms with Gasteiger partial charge in [-0.05, 0) is 23.8 Å². The number of H-pyrrole nitrogens is 1. The van der Waals surface area contributed by atoms with E-state index < -0.39 is 43.2 Å². The maximum Gasteiger partial charge on any atom is 0.330 e. The van der Waals surface area contributed by atoms with Crippen molar-refractivity contribution in [2.45, 2.75) is 26.0 Å². The maximum atomic E-state index is 13.3. The lowest BCUT2D eigenvalue weighted by atomic mass is 10.1. The van der Waals surface area contributed by atoms with Crippen LogP contribution in [0.4, 0.5) is 17.6 Å². The number of aromatic nitrogens is 4. The number of rotatable bonds is 10. The molecule has 13 heteroatoms. The zero-order chi connectivity index (χ0) is 27.6. The van der Waals surface area contributed by atoms with Crippen LogP contribution in [0.3, 0.4) is 0 Å². The van der Waals surface area contributed by atoms with Crippen LogP contribution in [0.1, 0.15) is 17.6 Å². The summed E-state index contributed by atoms with van der Waals surface area (Å²) in [5.74, 6) is -0.626. The smallest absolute Gasteiger partial charge is 0.330 e. The zero-order valence-electron chi connectivity index (χ0n) is 20.3. The fourth-order valence-electron chi connectivity index (χ4n) is 3.97. The molecular weight excluding hydrogens is 512 g/mol. The molecule has 1 atom stereocenters. The number of hydrogen-bond acceptors (Lipinski definition) is 6. The van der Waals surface area contributed by atoms with Gasteiger partial charge in [-0.3, -0.25) is 14.3 Å². The van der Waals surface area contributed by atoms with Gasteiger partial charge in [0.2, 0.25) is 6.43 Å². The van der Waals surface area contributed by atoms with Gasteiger partial charge in [-0.25, -0.2) is 27.3 Å². The van der Waals surface area contributed by atoms with Gasteiger partial charge in [0.05, 0.1) is 19.6 Å². The van der Waals surface area contributed by atoms with E-state index in [1.807, 2.05) is 0 Å². The Morgan fingerprint density at radius 2 is 1.76 bits per heavy atom. The van der Waals surface area contributed by atoms with E-state index in [4.69, 9.17) is 9.47 Å². The van der Waals surface area contributed by atoms with E-state index in [-0.39, 0.29) is 29.2 Å². The van der Waals surface area contributed by atoms with Crippen LogP contribution < -0.4 is 20.7 Å². The summed E-state index contributed by atoms with van der Waals surface area (Å²) in [5, 5.41) is 9.30. The summed E-state index contributed by atoms with van der Waals surface area (Å²) in [4.78, 5) is 31.5. The second kappa shape index (κ2) is 11.1. The Labute approximate surface area is 212 Å².